The summed E-state index contributed by atoms with van der Waals surface area (Å²) in [5, 5.41) is 0. The van der Waals surface area contributed by atoms with Crippen LogP contribution in [0.15, 0.2) is 0 Å². The third-order valence-electron chi connectivity index (χ3n) is 0. The lowest BCUT2D eigenvalue weighted by molar-refractivity contribution is 0.591. The predicted octanol–water partition coefficient (Wildman–Crippen LogP) is 0.157. The quantitative estimate of drug-likeness (QED) is 0.305. The van der Waals surface area contributed by atoms with Crippen LogP contribution in [0.4, 0.5) is 0 Å². The van der Waals surface area contributed by atoms with Gasteiger partial charge in [-0.15, -0.1) is 0 Å². The number of hydrogen-bond donors (Lipinski definition) is 0. The molecule has 0 aliphatic rings. The van der Waals surface area contributed by atoms with Crippen LogP contribution in [0, 0.1) is 0 Å². The van der Waals surface area contributed by atoms with Crippen LogP contribution < -0.4 is 0 Å². The monoisotopic (exact) mass is 90.0 g/mol. The van der Waals surface area contributed by atoms with Crippen LogP contribution in [-0.4, -0.2) is 20.9 Å². The third-order valence-corrected chi connectivity index (χ3v) is 0. The van der Waals surface area contributed by atoms with Crippen LogP contribution in [0.3, 0.4) is 0 Å². The summed E-state index contributed by atoms with van der Waals surface area (Å²) >= 11 is 0. The largest absolute Gasteiger partial charge is 0.335 e. The molecular weight excluding hydrogens is 81.8 g/mol. The van der Waals surface area contributed by atoms with Gasteiger partial charge in [-0.1, -0.05) is 0 Å². The van der Waals surface area contributed by atoms with Crippen LogP contribution in [0.25, 0.3) is 0 Å². The Kier molecular flexibility index (Phi) is 1.25. The van der Waals surface area contributed by atoms with Gasteiger partial charge < -0.3 is 4.57 Å². The molecule has 0 bridgehead atoms. The van der Waals surface area contributed by atoms with E-state index in [1.165, 1.54) is 0 Å². The minimum absolute atomic E-state index is 1.64. The van der Waals surface area contributed by atoms with Gasteiger partial charge in [0.25, 0.3) is 0 Å². The topological polar surface area (TPSA) is 17.1 Å². The summed E-state index contributed by atoms with van der Waals surface area (Å²) in [5.74, 6) is 0. The van der Waals surface area contributed by atoms with Gasteiger partial charge in [0.1, 0.15) is 0 Å². The minimum atomic E-state index is -1.64. The second-order valence-electron chi connectivity index (χ2n) is 1.89. The van der Waals surface area contributed by atoms with Gasteiger partial charge in [0, 0.05) is 7.02 Å². The molecule has 0 aromatic rings. The molecule has 0 atom stereocenters. The normalized spacial score (nSPS) is 11.6. The van der Waals surface area contributed by atoms with E-state index in [4.69, 9.17) is 0 Å². The van der Waals surface area contributed by atoms with Crippen molar-refractivity contribution >= 4 is 14.6 Å². The van der Waals surface area contributed by atoms with E-state index in [9.17, 15) is 4.57 Å². The molecule has 3 heteroatoms. The van der Waals surface area contributed by atoms with Crippen molar-refractivity contribution in [2.24, 2.45) is 0 Å². The maximum absolute atomic E-state index is 10.2. The van der Waals surface area contributed by atoms with Gasteiger partial charge in [-0.2, -0.15) is 0 Å². The van der Waals surface area contributed by atoms with E-state index in [1.807, 2.05) is 0 Å². The fraction of sp³-hybridized carbons (Fsp3) is 1.00. The molecule has 1 nitrogen and oxygen atoms in total. The third kappa shape index (κ3) is 260. The average Bonchev–Trinajstić information content (AvgIpc) is 0.722. The summed E-state index contributed by atoms with van der Waals surface area (Å²) < 4.78 is 10.2. The highest BCUT2D eigenvalue weighted by atomic mass is 31.2. The van der Waals surface area contributed by atoms with Gasteiger partial charge in [0.05, 0.1) is 0 Å². The van der Waals surface area contributed by atoms with E-state index in [1.54, 1.807) is 20.9 Å². The molecule has 0 unspecified atom stereocenters. The molecular formula is C2H8BOP. The van der Waals surface area contributed by atoms with Gasteiger partial charge in [0.15, 0.2) is 7.57 Å². The second kappa shape index (κ2) is 1.18. The standard InChI is InChI=1S/C2H8BOP/c1-5(2,3)4/h3H2,1-2H3. The highest BCUT2D eigenvalue weighted by molar-refractivity contribution is 7.86. The van der Waals surface area contributed by atoms with E-state index in [0.29, 0.717) is 0 Å². The second-order valence-corrected chi connectivity index (χ2v) is 5.67. The van der Waals surface area contributed by atoms with Crippen LogP contribution in [-0.2, 0) is 4.57 Å². The van der Waals surface area contributed by atoms with Gasteiger partial charge in [-0.3, -0.25) is 0 Å². The Balaban J connectivity index is 3.47. The SMILES string of the molecule is BP(C)(C)=O. The Hall–Kier alpha value is 0.295. The van der Waals surface area contributed by atoms with E-state index in [0.717, 1.165) is 0 Å². The van der Waals surface area contributed by atoms with Crippen LogP contribution >= 0.6 is 7.02 Å². The van der Waals surface area contributed by atoms with Crippen molar-refractivity contribution in [2.45, 2.75) is 0 Å². The first-order valence-corrected chi connectivity index (χ1v) is 4.57. The molecule has 0 spiro atoms. The first-order chi connectivity index (χ1) is 2.00. The van der Waals surface area contributed by atoms with Gasteiger partial charge >= 0.3 is 0 Å². The lowest BCUT2D eigenvalue weighted by Crippen LogP contribution is -1.64. The van der Waals surface area contributed by atoms with Crippen molar-refractivity contribution in [3.05, 3.63) is 0 Å². The highest BCUT2D eigenvalue weighted by Gasteiger charge is 1.89. The molecule has 0 aromatic carbocycles. The maximum Gasteiger partial charge on any atom is 0.182 e. The van der Waals surface area contributed by atoms with Crippen molar-refractivity contribution < 1.29 is 4.57 Å². The van der Waals surface area contributed by atoms with Crippen molar-refractivity contribution in [1.29, 1.82) is 0 Å². The van der Waals surface area contributed by atoms with Crippen LogP contribution in [0.1, 0.15) is 0 Å². The zero-order chi connectivity index (χ0) is 4.50. The Labute approximate surface area is 33.5 Å². The van der Waals surface area contributed by atoms with Crippen LogP contribution in [0.2, 0.25) is 0 Å². The first-order valence-electron chi connectivity index (χ1n) is 1.52. The Bertz CT molecular complexity index is 55.8. The van der Waals surface area contributed by atoms with E-state index >= 15 is 0 Å². The Morgan fingerprint density at radius 2 is 1.60 bits per heavy atom. The summed E-state index contributed by atoms with van der Waals surface area (Å²) in [4.78, 5) is 0. The molecule has 0 radical (unpaired) electrons. The zero-order valence-corrected chi connectivity index (χ0v) is 4.75. The molecule has 0 heterocycles. The summed E-state index contributed by atoms with van der Waals surface area (Å²) in [6.45, 7) is 3.49. The minimum Gasteiger partial charge on any atom is -0.335 e. The van der Waals surface area contributed by atoms with Crippen molar-refractivity contribution in [3.63, 3.8) is 0 Å². The summed E-state index contributed by atoms with van der Waals surface area (Å²) in [7, 11) is 0.104. The Morgan fingerprint density at radius 3 is 1.60 bits per heavy atom. The first kappa shape index (κ1) is 5.29. The molecule has 0 amide bonds. The molecule has 5 heavy (non-hydrogen) atoms. The lowest BCUT2D eigenvalue weighted by Gasteiger charge is -1.86. The molecule has 0 saturated carbocycles. The van der Waals surface area contributed by atoms with Crippen LogP contribution in [0.5, 0.6) is 0 Å². The molecule has 0 rings (SSSR count). The molecule has 0 aromatic heterocycles. The summed E-state index contributed by atoms with van der Waals surface area (Å²) in [6, 6.07) is 0. The lowest BCUT2D eigenvalue weighted by atomic mass is 10.8. The van der Waals surface area contributed by atoms with Crippen molar-refractivity contribution in [3.8, 4) is 0 Å². The zero-order valence-electron chi connectivity index (χ0n) is 3.86. The predicted molar refractivity (Wildman–Crippen MR) is 28.0 cm³/mol. The van der Waals surface area contributed by atoms with E-state index in [-0.39, 0.29) is 0 Å². The average molecular weight is 89.9 g/mol. The maximum atomic E-state index is 10.2. The van der Waals surface area contributed by atoms with Gasteiger partial charge in [-0.05, 0) is 13.3 Å². The molecule has 0 aliphatic carbocycles. The van der Waals surface area contributed by atoms with Crippen molar-refractivity contribution in [2.75, 3.05) is 13.3 Å². The number of rotatable bonds is 0. The molecule has 0 aliphatic heterocycles. The van der Waals surface area contributed by atoms with E-state index < -0.39 is 7.02 Å². The molecule has 0 saturated heterocycles. The number of hydrogen-bond acceptors (Lipinski definition) is 1. The fourth-order valence-electron chi connectivity index (χ4n) is 0. The Morgan fingerprint density at radius 1 is 1.60 bits per heavy atom. The smallest absolute Gasteiger partial charge is 0.182 e. The summed E-state index contributed by atoms with van der Waals surface area (Å²) in [5.41, 5.74) is 0. The molecule has 30 valence electrons. The fourth-order valence-corrected chi connectivity index (χ4v) is 0. The van der Waals surface area contributed by atoms with Gasteiger partial charge in [0.2, 0.25) is 0 Å². The molecule has 0 fully saturated rings. The van der Waals surface area contributed by atoms with E-state index in [2.05, 4.69) is 0 Å². The van der Waals surface area contributed by atoms with Crippen molar-refractivity contribution in [1.82, 2.24) is 0 Å². The highest BCUT2D eigenvalue weighted by Crippen LogP contribution is 2.26. The molecule has 0 N–H and O–H groups in total. The van der Waals surface area contributed by atoms with Gasteiger partial charge in [-0.25, -0.2) is 0 Å². The summed E-state index contributed by atoms with van der Waals surface area (Å²) in [6.07, 6.45) is 0.